The molecule has 0 bridgehead atoms. The quantitative estimate of drug-likeness (QED) is 0.366. The molecule has 0 saturated heterocycles. The Morgan fingerprint density at radius 1 is 1.22 bits per heavy atom. The monoisotopic (exact) mass is 426 g/mol. The van der Waals surface area contributed by atoms with Gasteiger partial charge < -0.3 is 10.1 Å². The second-order valence-corrected chi connectivity index (χ2v) is 6.45. The van der Waals surface area contributed by atoms with Crippen molar-refractivity contribution in [1.82, 2.24) is 0 Å². The molecule has 23 heavy (non-hydrogen) atoms. The van der Waals surface area contributed by atoms with Crippen LogP contribution in [0.5, 0.6) is 11.5 Å². The number of halogens is 2. The van der Waals surface area contributed by atoms with Crippen molar-refractivity contribution in [2.75, 3.05) is 11.9 Å². The Labute approximate surface area is 150 Å². The van der Waals surface area contributed by atoms with Crippen LogP contribution in [0.25, 0.3) is 0 Å². The van der Waals surface area contributed by atoms with Crippen LogP contribution < -0.4 is 10.1 Å². The molecule has 3 nitrogen and oxygen atoms in total. The molecule has 2 aromatic carbocycles. The van der Waals surface area contributed by atoms with Gasteiger partial charge in [0.1, 0.15) is 17.3 Å². The lowest BCUT2D eigenvalue weighted by Crippen LogP contribution is -2.00. The van der Waals surface area contributed by atoms with E-state index in [0.717, 1.165) is 35.5 Å². The highest BCUT2D eigenvalue weighted by Crippen LogP contribution is 2.30. The van der Waals surface area contributed by atoms with Crippen LogP contribution in [0.4, 0.5) is 10.1 Å². The van der Waals surface area contributed by atoms with Crippen molar-refractivity contribution < 1.29 is 9.13 Å². The van der Waals surface area contributed by atoms with Crippen molar-refractivity contribution in [3.63, 3.8) is 0 Å². The van der Waals surface area contributed by atoms with Crippen LogP contribution in [-0.2, 0) is 0 Å². The lowest BCUT2D eigenvalue weighted by Gasteiger charge is -2.13. The molecular formula is C18H20FIN2O. The summed E-state index contributed by atoms with van der Waals surface area (Å²) >= 11 is 1.96. The van der Waals surface area contributed by atoms with Gasteiger partial charge in [-0.05, 0) is 78.3 Å². The molecule has 0 aliphatic carbocycles. The summed E-state index contributed by atoms with van der Waals surface area (Å²) in [6, 6.07) is 8.82. The van der Waals surface area contributed by atoms with Gasteiger partial charge in [0, 0.05) is 21.9 Å². The maximum Gasteiger partial charge on any atom is 0.140 e. The van der Waals surface area contributed by atoms with Crippen LogP contribution in [0.1, 0.15) is 24.5 Å². The van der Waals surface area contributed by atoms with Gasteiger partial charge in [-0.25, -0.2) is 4.39 Å². The number of rotatable bonds is 6. The van der Waals surface area contributed by atoms with Gasteiger partial charge >= 0.3 is 0 Å². The summed E-state index contributed by atoms with van der Waals surface area (Å²) in [5.41, 5.74) is 3.00. The third-order valence-corrected chi connectivity index (χ3v) is 4.18. The zero-order valence-corrected chi connectivity index (χ0v) is 15.6. The number of nitrogens with zero attached hydrogens (tertiary/aromatic N) is 1. The summed E-state index contributed by atoms with van der Waals surface area (Å²) in [4.78, 5) is 4.25. The van der Waals surface area contributed by atoms with Crippen LogP contribution in [0.2, 0.25) is 0 Å². The van der Waals surface area contributed by atoms with Crippen molar-refractivity contribution in [1.29, 1.82) is 0 Å². The minimum atomic E-state index is -0.275. The molecular weight excluding hydrogens is 406 g/mol. The first-order valence-corrected chi connectivity index (χ1v) is 8.58. The van der Waals surface area contributed by atoms with E-state index in [2.05, 4.69) is 17.2 Å². The second-order valence-electron chi connectivity index (χ2n) is 5.29. The normalized spacial score (nSPS) is 11.0. The van der Waals surface area contributed by atoms with E-state index in [4.69, 9.17) is 4.74 Å². The van der Waals surface area contributed by atoms with Crippen LogP contribution in [-0.4, -0.2) is 12.9 Å². The molecule has 0 radical (unpaired) electrons. The van der Waals surface area contributed by atoms with Crippen molar-refractivity contribution in [3.8, 4) is 11.5 Å². The first-order chi connectivity index (χ1) is 11.0. The first-order valence-electron chi connectivity index (χ1n) is 7.50. The van der Waals surface area contributed by atoms with Gasteiger partial charge in [0.05, 0.1) is 6.34 Å². The van der Waals surface area contributed by atoms with Crippen LogP contribution in [0.15, 0.2) is 35.3 Å². The largest absolute Gasteiger partial charge is 0.457 e. The Bertz CT molecular complexity index is 716. The Morgan fingerprint density at radius 3 is 2.70 bits per heavy atom. The molecule has 0 atom stereocenters. The fraction of sp³-hybridized carbons (Fsp3) is 0.278. The summed E-state index contributed by atoms with van der Waals surface area (Å²) in [6.45, 7) is 6.86. The Balaban J connectivity index is 2.17. The predicted molar refractivity (Wildman–Crippen MR) is 102 cm³/mol. The number of hydrogen-bond donors (Lipinski definition) is 1. The van der Waals surface area contributed by atoms with Crippen LogP contribution >= 0.6 is 22.6 Å². The van der Waals surface area contributed by atoms with E-state index in [1.54, 1.807) is 18.5 Å². The van der Waals surface area contributed by atoms with Gasteiger partial charge in [-0.3, -0.25) is 4.99 Å². The van der Waals surface area contributed by atoms with Crippen molar-refractivity contribution in [2.45, 2.75) is 27.2 Å². The number of ether oxygens (including phenoxy) is 1. The summed E-state index contributed by atoms with van der Waals surface area (Å²) in [5.74, 6) is 0.942. The predicted octanol–water partition coefficient (Wildman–Crippen LogP) is 5.69. The Kier molecular flexibility index (Phi) is 6.38. The van der Waals surface area contributed by atoms with Crippen molar-refractivity contribution in [2.24, 2.45) is 4.99 Å². The van der Waals surface area contributed by atoms with E-state index in [9.17, 15) is 4.39 Å². The van der Waals surface area contributed by atoms with Crippen molar-refractivity contribution in [3.05, 3.63) is 50.8 Å². The lowest BCUT2D eigenvalue weighted by atomic mass is 10.1. The van der Waals surface area contributed by atoms with Gasteiger partial charge in [0.15, 0.2) is 0 Å². The SMILES string of the molecule is CCCN=CNc1cc(C)c(Oc2ccc(I)c(F)c2)cc1C. The van der Waals surface area contributed by atoms with E-state index in [-0.39, 0.29) is 5.82 Å². The van der Waals surface area contributed by atoms with Gasteiger partial charge in [0.25, 0.3) is 0 Å². The van der Waals surface area contributed by atoms with Gasteiger partial charge in [-0.1, -0.05) is 6.92 Å². The van der Waals surface area contributed by atoms with Crippen LogP contribution in [0.3, 0.4) is 0 Å². The fourth-order valence-corrected chi connectivity index (χ4v) is 2.37. The highest BCUT2D eigenvalue weighted by atomic mass is 127. The van der Waals surface area contributed by atoms with Gasteiger partial charge in [-0.2, -0.15) is 0 Å². The molecule has 122 valence electrons. The average molecular weight is 426 g/mol. The molecule has 0 fully saturated rings. The number of aryl methyl sites for hydroxylation is 2. The molecule has 0 saturated carbocycles. The molecule has 1 N–H and O–H groups in total. The maximum absolute atomic E-state index is 13.6. The van der Waals surface area contributed by atoms with E-state index >= 15 is 0 Å². The van der Waals surface area contributed by atoms with E-state index < -0.39 is 0 Å². The van der Waals surface area contributed by atoms with E-state index in [1.165, 1.54) is 6.07 Å². The first kappa shape index (κ1) is 17.7. The van der Waals surface area contributed by atoms with Gasteiger partial charge in [0.2, 0.25) is 0 Å². The maximum atomic E-state index is 13.6. The molecule has 0 unspecified atom stereocenters. The molecule has 5 heteroatoms. The minimum absolute atomic E-state index is 0.275. The standard InChI is InChI=1S/C18H20FIN2O/c1-4-7-21-11-22-17-8-13(3)18(9-12(17)2)23-14-5-6-16(20)15(19)10-14/h5-6,8-11H,4,7H2,1-3H3,(H,21,22). The van der Waals surface area contributed by atoms with Crippen LogP contribution in [0, 0.1) is 23.2 Å². The zero-order chi connectivity index (χ0) is 16.8. The third-order valence-electron chi connectivity index (χ3n) is 3.30. The number of anilines is 1. The molecule has 0 aromatic heterocycles. The number of hydrogen-bond acceptors (Lipinski definition) is 2. The number of benzene rings is 2. The molecule has 2 aromatic rings. The fourth-order valence-electron chi connectivity index (χ4n) is 2.03. The lowest BCUT2D eigenvalue weighted by molar-refractivity contribution is 0.472. The Morgan fingerprint density at radius 2 is 2.00 bits per heavy atom. The topological polar surface area (TPSA) is 33.6 Å². The molecule has 0 heterocycles. The molecule has 2 rings (SSSR count). The third kappa shape index (κ3) is 4.92. The second kappa shape index (κ2) is 8.29. The van der Waals surface area contributed by atoms with E-state index in [0.29, 0.717) is 9.32 Å². The molecule has 0 spiro atoms. The summed E-state index contributed by atoms with van der Waals surface area (Å²) in [7, 11) is 0. The zero-order valence-electron chi connectivity index (χ0n) is 13.5. The molecule has 0 amide bonds. The summed E-state index contributed by atoms with van der Waals surface area (Å²) < 4.78 is 20.0. The molecule has 0 aliphatic rings. The number of nitrogens with one attached hydrogen (secondary N) is 1. The van der Waals surface area contributed by atoms with Gasteiger partial charge in [-0.15, -0.1) is 0 Å². The highest BCUT2D eigenvalue weighted by Gasteiger charge is 2.08. The number of aliphatic imine (C=N–C) groups is 1. The summed E-state index contributed by atoms with van der Waals surface area (Å²) in [6.07, 6.45) is 2.75. The minimum Gasteiger partial charge on any atom is -0.457 e. The average Bonchev–Trinajstić information content (AvgIpc) is 2.52. The van der Waals surface area contributed by atoms with Crippen molar-refractivity contribution >= 4 is 34.6 Å². The smallest absolute Gasteiger partial charge is 0.140 e. The Hall–Kier alpha value is -1.63. The molecule has 0 aliphatic heterocycles. The van der Waals surface area contributed by atoms with E-state index in [1.807, 2.05) is 48.6 Å². The highest BCUT2D eigenvalue weighted by molar-refractivity contribution is 14.1. The summed E-state index contributed by atoms with van der Waals surface area (Å²) in [5, 5.41) is 3.19.